The van der Waals surface area contributed by atoms with Crippen LogP contribution in [0.25, 0.3) is 0 Å². The topological polar surface area (TPSA) is 119 Å². The molecule has 0 unspecified atom stereocenters. The quantitative estimate of drug-likeness (QED) is 0.308. The number of benzene rings is 2. The molecule has 0 spiro atoms. The van der Waals surface area contributed by atoms with Crippen LogP contribution in [-0.4, -0.2) is 29.3 Å². The van der Waals surface area contributed by atoms with E-state index < -0.39 is 35.4 Å². The van der Waals surface area contributed by atoms with Crippen molar-refractivity contribution in [3.05, 3.63) is 86.6 Å². The first-order valence-electron chi connectivity index (χ1n) is 10.5. The van der Waals surface area contributed by atoms with Gasteiger partial charge in [0.1, 0.15) is 5.69 Å². The van der Waals surface area contributed by atoms with E-state index in [0.29, 0.717) is 5.69 Å². The molecular weight excluding hydrogens is 458 g/mol. The van der Waals surface area contributed by atoms with Gasteiger partial charge in [-0.3, -0.25) is 24.5 Å². The zero-order valence-corrected chi connectivity index (χ0v) is 19.0. The first-order chi connectivity index (χ1) is 16.3. The molecule has 10 heteroatoms. The fraction of sp³-hybridized carbons (Fsp3) is 0.208. The normalized spacial score (nSPS) is 17.4. The van der Waals surface area contributed by atoms with Gasteiger partial charge >= 0.3 is 5.97 Å². The predicted molar refractivity (Wildman–Crippen MR) is 127 cm³/mol. The number of anilines is 2. The number of nitrogens with zero attached hydrogens (tertiary/aromatic N) is 2. The van der Waals surface area contributed by atoms with E-state index in [1.165, 1.54) is 29.5 Å². The lowest BCUT2D eigenvalue weighted by Gasteiger charge is -2.27. The number of nitro groups is 1. The molecule has 174 valence electrons. The fourth-order valence-electron chi connectivity index (χ4n) is 3.91. The van der Waals surface area contributed by atoms with Gasteiger partial charge in [-0.05, 0) is 36.6 Å². The summed E-state index contributed by atoms with van der Waals surface area (Å²) >= 11 is 1.43. The lowest BCUT2D eigenvalue weighted by Crippen LogP contribution is -2.31. The third kappa shape index (κ3) is 4.81. The molecular formula is C24H21N3O6S. The summed E-state index contributed by atoms with van der Waals surface area (Å²) in [5.41, 5.74) is 1.46. The third-order valence-corrected chi connectivity index (χ3v) is 6.44. The second-order valence-electron chi connectivity index (χ2n) is 7.80. The number of carbonyl (C=O) groups excluding carboxylic acids is 3. The van der Waals surface area contributed by atoms with Crippen molar-refractivity contribution in [2.45, 2.75) is 19.4 Å². The lowest BCUT2D eigenvalue weighted by molar-refractivity contribution is -0.383. The maximum atomic E-state index is 13.0. The van der Waals surface area contributed by atoms with E-state index in [2.05, 4.69) is 5.32 Å². The third-order valence-electron chi connectivity index (χ3n) is 5.49. The number of nitrogens with one attached hydrogen (secondary N) is 1. The van der Waals surface area contributed by atoms with Gasteiger partial charge in [-0.15, -0.1) is 11.3 Å². The van der Waals surface area contributed by atoms with Crippen molar-refractivity contribution in [2.24, 2.45) is 5.92 Å². The van der Waals surface area contributed by atoms with Crippen LogP contribution in [0.5, 0.6) is 0 Å². The van der Waals surface area contributed by atoms with E-state index in [0.717, 1.165) is 10.4 Å². The second-order valence-corrected chi connectivity index (χ2v) is 8.78. The number of para-hydroxylation sites is 2. The Morgan fingerprint density at radius 1 is 1.15 bits per heavy atom. The highest BCUT2D eigenvalue weighted by Gasteiger charge is 2.46. The molecule has 1 saturated heterocycles. The van der Waals surface area contributed by atoms with Crippen LogP contribution in [0.3, 0.4) is 0 Å². The lowest BCUT2D eigenvalue weighted by atomic mass is 9.99. The van der Waals surface area contributed by atoms with Gasteiger partial charge in [-0.1, -0.05) is 35.9 Å². The van der Waals surface area contributed by atoms with Crippen molar-refractivity contribution in [1.82, 2.24) is 0 Å². The SMILES string of the molecule is Cc1ccc(N2C(=O)C[C@H](C(=O)OCC(=O)Nc3ccccc3[N+](=O)[O-])[C@@H]2c2cccs2)cc1. The predicted octanol–water partition coefficient (Wildman–Crippen LogP) is 4.24. The minimum absolute atomic E-state index is 0.00611. The Morgan fingerprint density at radius 2 is 1.88 bits per heavy atom. The molecule has 1 aliphatic heterocycles. The highest BCUT2D eigenvalue weighted by atomic mass is 32.1. The Kier molecular flexibility index (Phi) is 6.69. The van der Waals surface area contributed by atoms with Crippen LogP contribution < -0.4 is 10.2 Å². The molecule has 0 bridgehead atoms. The molecule has 2 aromatic carbocycles. The maximum absolute atomic E-state index is 13.0. The second kappa shape index (κ2) is 9.84. The molecule has 9 nitrogen and oxygen atoms in total. The summed E-state index contributed by atoms with van der Waals surface area (Å²) in [4.78, 5) is 51.2. The minimum Gasteiger partial charge on any atom is -0.455 e. The van der Waals surface area contributed by atoms with Crippen LogP contribution in [0.2, 0.25) is 0 Å². The van der Waals surface area contributed by atoms with Crippen molar-refractivity contribution in [2.75, 3.05) is 16.8 Å². The summed E-state index contributed by atoms with van der Waals surface area (Å²) in [5, 5.41) is 15.4. The van der Waals surface area contributed by atoms with Crippen LogP contribution in [0.4, 0.5) is 17.1 Å². The number of ether oxygens (including phenoxy) is 1. The van der Waals surface area contributed by atoms with Crippen molar-refractivity contribution in [3.8, 4) is 0 Å². The number of hydrogen-bond acceptors (Lipinski definition) is 7. The van der Waals surface area contributed by atoms with E-state index in [1.54, 1.807) is 11.0 Å². The fourth-order valence-corrected chi connectivity index (χ4v) is 4.79. The van der Waals surface area contributed by atoms with E-state index in [1.807, 2.05) is 48.7 Å². The van der Waals surface area contributed by atoms with Gasteiger partial charge in [0.25, 0.3) is 11.6 Å². The number of carbonyl (C=O) groups is 3. The average Bonchev–Trinajstić information content (AvgIpc) is 3.46. The summed E-state index contributed by atoms with van der Waals surface area (Å²) in [6, 6.07) is 16.3. The number of thiophene rings is 1. The smallest absolute Gasteiger partial charge is 0.312 e. The van der Waals surface area contributed by atoms with Crippen LogP contribution in [-0.2, 0) is 19.1 Å². The number of hydrogen-bond donors (Lipinski definition) is 1. The summed E-state index contributed by atoms with van der Waals surface area (Å²) < 4.78 is 5.25. The zero-order chi connectivity index (χ0) is 24.2. The molecule has 34 heavy (non-hydrogen) atoms. The van der Waals surface area contributed by atoms with Crippen LogP contribution >= 0.6 is 11.3 Å². The maximum Gasteiger partial charge on any atom is 0.312 e. The molecule has 0 saturated carbocycles. The van der Waals surface area contributed by atoms with Gasteiger partial charge in [0.15, 0.2) is 6.61 Å². The molecule has 0 radical (unpaired) electrons. The Bertz CT molecular complexity index is 1230. The van der Waals surface area contributed by atoms with E-state index >= 15 is 0 Å². The first-order valence-corrected chi connectivity index (χ1v) is 11.3. The zero-order valence-electron chi connectivity index (χ0n) is 18.2. The summed E-state index contributed by atoms with van der Waals surface area (Å²) in [7, 11) is 0. The molecule has 4 rings (SSSR count). The Hall–Kier alpha value is -4.05. The molecule has 2 heterocycles. The largest absolute Gasteiger partial charge is 0.455 e. The summed E-state index contributed by atoms with van der Waals surface area (Å²) in [6.45, 7) is 1.32. The monoisotopic (exact) mass is 479 g/mol. The standard InChI is InChI=1S/C24H21N3O6S/c1-15-8-10-16(11-9-15)26-22(29)13-17(23(26)20-7-4-12-34-20)24(30)33-14-21(28)25-18-5-2-3-6-19(18)27(31)32/h2-12,17,23H,13-14H2,1H3,(H,25,28)/t17-,23+/m0/s1. The highest BCUT2D eigenvalue weighted by molar-refractivity contribution is 7.10. The highest BCUT2D eigenvalue weighted by Crippen LogP contribution is 2.43. The van der Waals surface area contributed by atoms with Gasteiger partial charge in [0, 0.05) is 23.1 Å². The molecule has 1 aromatic heterocycles. The Labute approximate surface area is 199 Å². The number of rotatable bonds is 7. The molecule has 1 aliphatic rings. The molecule has 1 fully saturated rings. The van der Waals surface area contributed by atoms with Gasteiger partial charge in [-0.2, -0.15) is 0 Å². The first kappa shape index (κ1) is 23.1. The molecule has 1 N–H and O–H groups in total. The van der Waals surface area contributed by atoms with Crippen molar-refractivity contribution in [3.63, 3.8) is 0 Å². The number of aryl methyl sites for hydroxylation is 1. The van der Waals surface area contributed by atoms with E-state index in [-0.39, 0.29) is 23.7 Å². The van der Waals surface area contributed by atoms with Gasteiger partial charge < -0.3 is 15.0 Å². The van der Waals surface area contributed by atoms with E-state index in [9.17, 15) is 24.5 Å². The van der Waals surface area contributed by atoms with E-state index in [4.69, 9.17) is 4.74 Å². The van der Waals surface area contributed by atoms with Crippen molar-refractivity contribution < 1.29 is 24.0 Å². The Morgan fingerprint density at radius 3 is 2.56 bits per heavy atom. The molecule has 3 aromatic rings. The van der Waals surface area contributed by atoms with Crippen molar-refractivity contribution in [1.29, 1.82) is 0 Å². The van der Waals surface area contributed by atoms with Crippen LogP contribution in [0.1, 0.15) is 22.9 Å². The number of amides is 2. The summed E-state index contributed by atoms with van der Waals surface area (Å²) in [5.74, 6) is -2.41. The van der Waals surface area contributed by atoms with Crippen LogP contribution in [0.15, 0.2) is 66.0 Å². The average molecular weight is 480 g/mol. The summed E-state index contributed by atoms with van der Waals surface area (Å²) in [6.07, 6.45) is -0.0545. The number of nitro benzene ring substituents is 1. The van der Waals surface area contributed by atoms with Gasteiger partial charge in [-0.25, -0.2) is 0 Å². The Balaban J connectivity index is 1.49. The minimum atomic E-state index is -0.800. The van der Waals surface area contributed by atoms with Gasteiger partial charge in [0.05, 0.1) is 16.9 Å². The molecule has 2 amide bonds. The molecule has 0 aliphatic carbocycles. The van der Waals surface area contributed by atoms with Gasteiger partial charge in [0.2, 0.25) is 5.91 Å². The molecule has 2 atom stereocenters. The van der Waals surface area contributed by atoms with Crippen LogP contribution in [0, 0.1) is 23.0 Å². The number of esters is 1. The van der Waals surface area contributed by atoms with Crippen molar-refractivity contribution >= 4 is 46.2 Å².